The third kappa shape index (κ3) is 6.73. The number of nitrogens with one attached hydrogen (secondary N) is 1. The molecule has 0 aromatic heterocycles. The molecule has 0 spiro atoms. The Hall–Kier alpha value is -0.580. The number of amides is 1. The van der Waals surface area contributed by atoms with Gasteiger partial charge in [0.05, 0.1) is 0 Å². The summed E-state index contributed by atoms with van der Waals surface area (Å²) in [7, 11) is 0. The van der Waals surface area contributed by atoms with Crippen LogP contribution in [-0.2, 0) is 14.3 Å². The average molecular weight is 348 g/mol. The third-order valence-electron chi connectivity index (χ3n) is 3.45. The molecule has 116 valence electrons. The first kappa shape index (κ1) is 17.5. The van der Waals surface area contributed by atoms with E-state index in [0.29, 0.717) is 18.8 Å². The van der Waals surface area contributed by atoms with Gasteiger partial charge in [0.15, 0.2) is 0 Å². The van der Waals surface area contributed by atoms with Gasteiger partial charge in [-0.2, -0.15) is 0 Å². The molecule has 0 radical (unpaired) electrons. The molecule has 1 saturated carbocycles. The Kier molecular flexibility index (Phi) is 8.19. The van der Waals surface area contributed by atoms with E-state index in [4.69, 9.17) is 4.74 Å². The minimum atomic E-state index is -0.501. The second-order valence-corrected chi connectivity index (χ2v) is 6.68. The predicted molar refractivity (Wildman–Crippen MR) is 82.8 cm³/mol. The first-order chi connectivity index (χ1) is 9.52. The van der Waals surface area contributed by atoms with Crippen molar-refractivity contribution >= 4 is 27.8 Å². The molecule has 1 atom stereocenters. The van der Waals surface area contributed by atoms with E-state index >= 15 is 0 Å². The van der Waals surface area contributed by atoms with Crippen molar-refractivity contribution < 1.29 is 14.3 Å². The van der Waals surface area contributed by atoms with Gasteiger partial charge in [0.2, 0.25) is 5.91 Å². The zero-order valence-electron chi connectivity index (χ0n) is 12.5. The van der Waals surface area contributed by atoms with Gasteiger partial charge in [0.25, 0.3) is 0 Å². The summed E-state index contributed by atoms with van der Waals surface area (Å²) in [6, 6.07) is -0.501. The van der Waals surface area contributed by atoms with Crippen LogP contribution in [0.4, 0.5) is 0 Å². The second kappa shape index (κ2) is 9.37. The maximum Gasteiger partial charge on any atom is 0.328 e. The molecule has 20 heavy (non-hydrogen) atoms. The molecule has 0 saturated heterocycles. The summed E-state index contributed by atoms with van der Waals surface area (Å²) in [5, 5.41) is 3.62. The van der Waals surface area contributed by atoms with Gasteiger partial charge in [-0.15, -0.1) is 0 Å². The maximum atomic E-state index is 12.2. The fourth-order valence-corrected chi connectivity index (χ4v) is 2.71. The Labute approximate surface area is 130 Å². The minimum Gasteiger partial charge on any atom is -0.461 e. The molecule has 0 heterocycles. The van der Waals surface area contributed by atoms with Crippen LogP contribution in [0.3, 0.4) is 0 Å². The van der Waals surface area contributed by atoms with Gasteiger partial charge < -0.3 is 10.1 Å². The zero-order valence-corrected chi connectivity index (χ0v) is 14.1. The Bertz CT molecular complexity index is 314. The summed E-state index contributed by atoms with van der Waals surface area (Å²) >= 11 is 3.30. The molecule has 5 heteroatoms. The van der Waals surface area contributed by atoms with Gasteiger partial charge in [0, 0.05) is 11.8 Å². The van der Waals surface area contributed by atoms with Crippen molar-refractivity contribution in [2.24, 2.45) is 5.92 Å². The first-order valence-corrected chi connectivity index (χ1v) is 8.71. The van der Waals surface area contributed by atoms with Crippen LogP contribution in [0.1, 0.15) is 58.8 Å². The predicted octanol–water partition coefficient (Wildman–Crippen LogP) is 3.18. The van der Waals surface area contributed by atoms with Crippen molar-refractivity contribution in [2.75, 3.05) is 5.33 Å². The monoisotopic (exact) mass is 347 g/mol. The Balaban J connectivity index is 2.48. The number of carbonyl (C=O) groups excluding carboxylic acids is 2. The summed E-state index contributed by atoms with van der Waals surface area (Å²) in [5.74, 6) is 0.00358. The molecule has 1 amide bonds. The lowest BCUT2D eigenvalue weighted by atomic mass is 10.0. The summed E-state index contributed by atoms with van der Waals surface area (Å²) in [4.78, 5) is 24.0. The molecule has 1 rings (SSSR count). The summed E-state index contributed by atoms with van der Waals surface area (Å²) in [6.45, 7) is 4.08. The topological polar surface area (TPSA) is 55.4 Å². The molecule has 0 bridgehead atoms. The van der Waals surface area contributed by atoms with E-state index in [-0.39, 0.29) is 18.0 Å². The number of carbonyl (C=O) groups is 2. The highest BCUT2D eigenvalue weighted by Gasteiger charge is 2.27. The molecule has 0 unspecified atom stereocenters. The van der Waals surface area contributed by atoms with Crippen molar-refractivity contribution in [3.05, 3.63) is 0 Å². The van der Waals surface area contributed by atoms with Crippen LogP contribution < -0.4 is 5.32 Å². The van der Waals surface area contributed by atoms with Gasteiger partial charge in [-0.1, -0.05) is 29.8 Å². The number of ether oxygens (including phenoxy) is 1. The number of hydrogen-bond acceptors (Lipinski definition) is 3. The van der Waals surface area contributed by atoms with E-state index in [1.165, 1.54) is 0 Å². The second-order valence-electron chi connectivity index (χ2n) is 5.89. The average Bonchev–Trinajstić information content (AvgIpc) is 2.87. The van der Waals surface area contributed by atoms with Crippen molar-refractivity contribution in [3.63, 3.8) is 0 Å². The quantitative estimate of drug-likeness (QED) is 0.541. The zero-order chi connectivity index (χ0) is 15.0. The van der Waals surface area contributed by atoms with Crippen LogP contribution in [0.25, 0.3) is 0 Å². The number of halogens is 1. The van der Waals surface area contributed by atoms with Crippen molar-refractivity contribution in [2.45, 2.75) is 70.9 Å². The lowest BCUT2D eigenvalue weighted by molar-refractivity contribution is -0.153. The van der Waals surface area contributed by atoms with E-state index in [0.717, 1.165) is 37.4 Å². The van der Waals surface area contributed by atoms with Crippen LogP contribution >= 0.6 is 15.9 Å². The Morgan fingerprint density at radius 3 is 2.50 bits per heavy atom. The van der Waals surface area contributed by atoms with Crippen LogP contribution in [0.5, 0.6) is 0 Å². The highest BCUT2D eigenvalue weighted by Crippen LogP contribution is 2.22. The first-order valence-electron chi connectivity index (χ1n) is 7.58. The number of rotatable bonds is 8. The molecular weight excluding hydrogens is 322 g/mol. The smallest absolute Gasteiger partial charge is 0.328 e. The van der Waals surface area contributed by atoms with Crippen LogP contribution in [-0.4, -0.2) is 29.4 Å². The van der Waals surface area contributed by atoms with E-state index < -0.39 is 6.04 Å². The number of esters is 1. The van der Waals surface area contributed by atoms with E-state index in [9.17, 15) is 9.59 Å². The molecule has 1 aliphatic rings. The highest BCUT2D eigenvalue weighted by atomic mass is 79.9. The molecule has 0 aromatic carbocycles. The van der Waals surface area contributed by atoms with E-state index in [2.05, 4.69) is 21.2 Å². The van der Waals surface area contributed by atoms with Gasteiger partial charge in [-0.25, -0.2) is 4.79 Å². The van der Waals surface area contributed by atoms with Crippen molar-refractivity contribution in [1.29, 1.82) is 0 Å². The van der Waals surface area contributed by atoms with Crippen LogP contribution in [0.2, 0.25) is 0 Å². The largest absolute Gasteiger partial charge is 0.461 e. The fraction of sp³-hybridized carbons (Fsp3) is 0.867. The summed E-state index contributed by atoms with van der Waals surface area (Å²) in [6.07, 6.45) is 6.07. The minimum absolute atomic E-state index is 0.0524. The Morgan fingerprint density at radius 2 is 1.95 bits per heavy atom. The molecule has 1 fully saturated rings. The third-order valence-corrected chi connectivity index (χ3v) is 4.01. The SMILES string of the molecule is CC(C)C[C@@H](NC(=O)CCCBr)C(=O)OC1CCCC1. The molecule has 0 aliphatic heterocycles. The number of alkyl halides is 1. The van der Waals surface area contributed by atoms with Gasteiger partial charge in [0.1, 0.15) is 12.1 Å². The number of hydrogen-bond donors (Lipinski definition) is 1. The maximum absolute atomic E-state index is 12.2. The molecule has 0 aromatic rings. The van der Waals surface area contributed by atoms with E-state index in [1.807, 2.05) is 13.8 Å². The van der Waals surface area contributed by atoms with Crippen molar-refractivity contribution in [3.8, 4) is 0 Å². The molecule has 1 N–H and O–H groups in total. The van der Waals surface area contributed by atoms with Crippen LogP contribution in [0.15, 0.2) is 0 Å². The van der Waals surface area contributed by atoms with Gasteiger partial charge >= 0.3 is 5.97 Å². The lowest BCUT2D eigenvalue weighted by Gasteiger charge is -2.21. The van der Waals surface area contributed by atoms with Gasteiger partial charge in [-0.3, -0.25) is 4.79 Å². The van der Waals surface area contributed by atoms with Crippen LogP contribution in [0, 0.1) is 5.92 Å². The molecule has 4 nitrogen and oxygen atoms in total. The fourth-order valence-electron chi connectivity index (χ4n) is 2.43. The van der Waals surface area contributed by atoms with Gasteiger partial charge in [-0.05, 0) is 44.4 Å². The van der Waals surface area contributed by atoms with E-state index in [1.54, 1.807) is 0 Å². The molecule has 1 aliphatic carbocycles. The summed E-state index contributed by atoms with van der Waals surface area (Å²) < 4.78 is 5.52. The highest BCUT2D eigenvalue weighted by molar-refractivity contribution is 9.09. The summed E-state index contributed by atoms with van der Waals surface area (Å²) in [5.41, 5.74) is 0. The lowest BCUT2D eigenvalue weighted by Crippen LogP contribution is -2.43. The normalized spacial score (nSPS) is 17.2. The Morgan fingerprint density at radius 1 is 1.30 bits per heavy atom. The molecular formula is C15H26BrNO3. The van der Waals surface area contributed by atoms with Crippen molar-refractivity contribution in [1.82, 2.24) is 5.32 Å². The standard InChI is InChI=1S/C15H26BrNO3/c1-11(2)10-13(17-14(18)8-5-9-16)15(19)20-12-6-3-4-7-12/h11-13H,3-10H2,1-2H3,(H,17,18)/t13-/m1/s1.